The second-order valence-corrected chi connectivity index (χ2v) is 9.29. The maximum atomic E-state index is 12.6. The van der Waals surface area contributed by atoms with Gasteiger partial charge in [0.25, 0.3) is 5.91 Å². The van der Waals surface area contributed by atoms with Crippen molar-refractivity contribution in [2.45, 2.75) is 55.5 Å². The summed E-state index contributed by atoms with van der Waals surface area (Å²) in [5, 5.41) is 6.94. The van der Waals surface area contributed by atoms with Crippen molar-refractivity contribution in [3.63, 3.8) is 0 Å². The van der Waals surface area contributed by atoms with Gasteiger partial charge in [-0.25, -0.2) is 5.43 Å². The zero-order chi connectivity index (χ0) is 20.8. The number of alkyl halides is 3. The van der Waals surface area contributed by atoms with Crippen molar-refractivity contribution in [1.82, 2.24) is 21.1 Å². The smallest absolute Gasteiger partial charge is 0.325 e. The summed E-state index contributed by atoms with van der Waals surface area (Å²) >= 11 is 16.7. The predicted molar refractivity (Wildman–Crippen MR) is 104 cm³/mol. The fourth-order valence-corrected chi connectivity index (χ4v) is 2.90. The van der Waals surface area contributed by atoms with Crippen LogP contribution in [0, 0.1) is 5.92 Å². The van der Waals surface area contributed by atoms with E-state index in [9.17, 15) is 14.4 Å². The van der Waals surface area contributed by atoms with Gasteiger partial charge in [-0.15, -0.1) is 0 Å². The highest BCUT2D eigenvalue weighted by molar-refractivity contribution is 6.67. The molecule has 0 aromatic heterocycles. The summed E-state index contributed by atoms with van der Waals surface area (Å²) in [5.74, 6) is -1.14. The Hall–Kier alpha value is -0.800. The Balaban J connectivity index is 2.61. The fourth-order valence-electron chi connectivity index (χ4n) is 2.73. The van der Waals surface area contributed by atoms with Crippen LogP contribution in [0.3, 0.4) is 0 Å². The van der Waals surface area contributed by atoms with Gasteiger partial charge < -0.3 is 15.4 Å². The number of halogens is 3. The van der Waals surface area contributed by atoms with Gasteiger partial charge in [0, 0.05) is 6.54 Å². The highest BCUT2D eigenvalue weighted by atomic mass is 35.6. The number of carbonyl (C=O) groups is 3. The van der Waals surface area contributed by atoms with Crippen molar-refractivity contribution in [2.24, 2.45) is 5.92 Å². The number of nitrogens with one attached hydrogen (secondary N) is 3. The molecule has 0 aromatic carbocycles. The number of hydrogen-bond donors (Lipinski definition) is 3. The Morgan fingerprint density at radius 3 is 2.41 bits per heavy atom. The van der Waals surface area contributed by atoms with Gasteiger partial charge in [-0.05, 0) is 32.7 Å². The van der Waals surface area contributed by atoms with Crippen LogP contribution in [0.25, 0.3) is 0 Å². The molecule has 1 aliphatic rings. The zero-order valence-corrected chi connectivity index (χ0v) is 18.1. The lowest BCUT2D eigenvalue weighted by Crippen LogP contribution is -2.60. The Bertz CT molecular complexity index is 542. The average Bonchev–Trinajstić information content (AvgIpc) is 2.58. The molecule has 0 radical (unpaired) electrons. The molecule has 3 N–H and O–H groups in total. The van der Waals surface area contributed by atoms with Gasteiger partial charge in [-0.3, -0.25) is 19.4 Å². The number of rotatable bonds is 7. The van der Waals surface area contributed by atoms with Crippen LogP contribution in [0.5, 0.6) is 0 Å². The third-order valence-corrected chi connectivity index (χ3v) is 4.43. The van der Waals surface area contributed by atoms with E-state index in [-0.39, 0.29) is 24.3 Å². The Labute approximate surface area is 174 Å². The SMILES string of the molecule is CNC(C(=O)NC(C)C(=O)N1CCCC(C(=O)OCC(Cl)(Cl)Cl)N1)C(C)C. The molecule has 0 aliphatic carbocycles. The second-order valence-electron chi connectivity index (χ2n) is 6.78. The Kier molecular flexibility index (Phi) is 9.57. The van der Waals surface area contributed by atoms with E-state index in [4.69, 9.17) is 39.5 Å². The molecule has 27 heavy (non-hydrogen) atoms. The Morgan fingerprint density at radius 1 is 1.26 bits per heavy atom. The number of hydrazine groups is 1. The monoisotopic (exact) mass is 444 g/mol. The van der Waals surface area contributed by atoms with Crippen LogP contribution < -0.4 is 16.1 Å². The molecule has 0 aromatic rings. The molecule has 2 amide bonds. The summed E-state index contributed by atoms with van der Waals surface area (Å²) < 4.78 is 3.26. The number of esters is 1. The van der Waals surface area contributed by atoms with Crippen LogP contribution in [0.2, 0.25) is 0 Å². The fraction of sp³-hybridized carbons (Fsp3) is 0.812. The topological polar surface area (TPSA) is 99.8 Å². The first kappa shape index (κ1) is 24.2. The molecular formula is C16H27Cl3N4O4. The van der Waals surface area contributed by atoms with Crippen molar-refractivity contribution < 1.29 is 19.1 Å². The third kappa shape index (κ3) is 7.99. The molecule has 1 heterocycles. The van der Waals surface area contributed by atoms with Crippen LogP contribution >= 0.6 is 34.8 Å². The molecule has 3 atom stereocenters. The van der Waals surface area contributed by atoms with Gasteiger partial charge in [0.15, 0.2) is 0 Å². The van der Waals surface area contributed by atoms with Crippen molar-refractivity contribution >= 4 is 52.6 Å². The van der Waals surface area contributed by atoms with Crippen LogP contribution in [-0.4, -0.2) is 64.9 Å². The number of likely N-dealkylation sites (N-methyl/N-ethyl adjacent to an activating group) is 1. The van der Waals surface area contributed by atoms with E-state index in [1.54, 1.807) is 14.0 Å². The van der Waals surface area contributed by atoms with Crippen molar-refractivity contribution in [1.29, 1.82) is 0 Å². The molecular weight excluding hydrogens is 419 g/mol. The molecule has 0 bridgehead atoms. The summed E-state index contributed by atoms with van der Waals surface area (Å²) in [4.78, 5) is 37.0. The molecule has 1 saturated heterocycles. The normalized spacial score (nSPS) is 20.1. The number of carbonyl (C=O) groups excluding carboxylic acids is 3. The van der Waals surface area contributed by atoms with E-state index in [0.717, 1.165) is 0 Å². The summed E-state index contributed by atoms with van der Waals surface area (Å²) in [6.07, 6.45) is 1.08. The van der Waals surface area contributed by atoms with Crippen molar-refractivity contribution in [3.8, 4) is 0 Å². The first-order valence-electron chi connectivity index (χ1n) is 8.74. The van der Waals surface area contributed by atoms with Crippen LogP contribution in [0.15, 0.2) is 0 Å². The molecule has 11 heteroatoms. The number of ether oxygens (including phenoxy) is 1. The average molecular weight is 446 g/mol. The molecule has 1 rings (SSSR count). The van der Waals surface area contributed by atoms with E-state index < -0.39 is 27.9 Å². The van der Waals surface area contributed by atoms with Crippen LogP contribution in [0.4, 0.5) is 0 Å². The lowest BCUT2D eigenvalue weighted by Gasteiger charge is -2.34. The predicted octanol–water partition coefficient (Wildman–Crippen LogP) is 1.14. The van der Waals surface area contributed by atoms with Gasteiger partial charge in [0.2, 0.25) is 9.70 Å². The van der Waals surface area contributed by atoms with Crippen LogP contribution in [-0.2, 0) is 19.1 Å². The minimum atomic E-state index is -1.70. The van der Waals surface area contributed by atoms with Gasteiger partial charge in [-0.1, -0.05) is 48.7 Å². The van der Waals surface area contributed by atoms with Crippen LogP contribution in [0.1, 0.15) is 33.6 Å². The molecule has 1 aliphatic heterocycles. The van der Waals surface area contributed by atoms with Gasteiger partial charge in [-0.2, -0.15) is 0 Å². The molecule has 1 fully saturated rings. The minimum Gasteiger partial charge on any atom is -0.460 e. The zero-order valence-electron chi connectivity index (χ0n) is 15.9. The van der Waals surface area contributed by atoms with E-state index in [2.05, 4.69) is 16.1 Å². The number of amides is 2. The Morgan fingerprint density at radius 2 is 1.89 bits per heavy atom. The number of nitrogens with zero attached hydrogens (tertiary/aromatic N) is 1. The molecule has 3 unspecified atom stereocenters. The minimum absolute atomic E-state index is 0.0717. The highest BCUT2D eigenvalue weighted by Gasteiger charge is 2.33. The van der Waals surface area contributed by atoms with E-state index in [1.165, 1.54) is 5.01 Å². The first-order valence-corrected chi connectivity index (χ1v) is 9.88. The standard InChI is InChI=1S/C16H27Cl3N4O4/c1-9(2)12(20-4)13(24)21-10(3)14(25)23-7-5-6-11(22-23)15(26)27-8-16(17,18)19/h9-12,20,22H,5-8H2,1-4H3,(H,21,24). The quantitative estimate of drug-likeness (QED) is 0.401. The summed E-state index contributed by atoms with van der Waals surface area (Å²) in [5.41, 5.74) is 2.82. The first-order chi connectivity index (χ1) is 12.5. The summed E-state index contributed by atoms with van der Waals surface area (Å²) in [7, 11) is 1.69. The van der Waals surface area contributed by atoms with Crippen molar-refractivity contribution in [3.05, 3.63) is 0 Å². The second kappa shape index (κ2) is 10.7. The third-order valence-electron chi connectivity index (χ3n) is 4.10. The molecule has 0 saturated carbocycles. The van der Waals surface area contributed by atoms with Crippen molar-refractivity contribution in [2.75, 3.05) is 20.2 Å². The number of hydrogen-bond acceptors (Lipinski definition) is 6. The molecule has 8 nitrogen and oxygen atoms in total. The maximum absolute atomic E-state index is 12.6. The summed E-state index contributed by atoms with van der Waals surface area (Å²) in [6, 6.07) is -1.88. The molecule has 0 spiro atoms. The summed E-state index contributed by atoms with van der Waals surface area (Å²) in [6.45, 7) is 5.45. The maximum Gasteiger partial charge on any atom is 0.325 e. The van der Waals surface area contributed by atoms with E-state index in [1.807, 2.05) is 13.8 Å². The van der Waals surface area contributed by atoms with Gasteiger partial charge in [0.1, 0.15) is 18.7 Å². The van der Waals surface area contributed by atoms with E-state index in [0.29, 0.717) is 19.4 Å². The van der Waals surface area contributed by atoms with Gasteiger partial charge >= 0.3 is 5.97 Å². The lowest BCUT2D eigenvalue weighted by molar-refractivity contribution is -0.152. The largest absolute Gasteiger partial charge is 0.460 e. The van der Waals surface area contributed by atoms with Gasteiger partial charge in [0.05, 0.1) is 6.04 Å². The highest BCUT2D eigenvalue weighted by Crippen LogP contribution is 2.26. The lowest BCUT2D eigenvalue weighted by atomic mass is 10.0. The molecule has 156 valence electrons. The van der Waals surface area contributed by atoms with E-state index >= 15 is 0 Å².